The Bertz CT molecular complexity index is 102. The van der Waals surface area contributed by atoms with Crippen molar-refractivity contribution in [3.05, 3.63) is 0 Å². The maximum absolute atomic E-state index is 5.37. The Kier molecular flexibility index (Phi) is 6.15. The zero-order valence-corrected chi connectivity index (χ0v) is 8.50. The molecule has 0 aromatic heterocycles. The third kappa shape index (κ3) is 5.24. The zero-order chi connectivity index (χ0) is 9.36. The second-order valence-corrected chi connectivity index (χ2v) is 3.66. The molecule has 0 atom stereocenters. The van der Waals surface area contributed by atoms with Crippen molar-refractivity contribution in [3.63, 3.8) is 0 Å². The first-order valence-electron chi connectivity index (χ1n) is 5.43. The molecule has 2 aliphatic rings. The van der Waals surface area contributed by atoms with Crippen LogP contribution in [-0.4, -0.2) is 44.3 Å². The van der Waals surface area contributed by atoms with Crippen LogP contribution in [-0.2, 0) is 4.74 Å². The first kappa shape index (κ1) is 11.0. The third-order valence-electron chi connectivity index (χ3n) is 2.47. The van der Waals surface area contributed by atoms with Crippen molar-refractivity contribution >= 4 is 0 Å². The van der Waals surface area contributed by atoms with Gasteiger partial charge in [0.15, 0.2) is 0 Å². The van der Waals surface area contributed by atoms with Gasteiger partial charge in [-0.2, -0.15) is 0 Å². The van der Waals surface area contributed by atoms with E-state index in [0.717, 1.165) is 26.3 Å². The summed E-state index contributed by atoms with van der Waals surface area (Å²) in [5, 5.41) is 0. The summed E-state index contributed by atoms with van der Waals surface area (Å²) in [5.41, 5.74) is 5.37. The molecule has 0 radical (unpaired) electrons. The van der Waals surface area contributed by atoms with E-state index in [4.69, 9.17) is 10.5 Å². The molecule has 0 saturated carbocycles. The molecule has 0 unspecified atom stereocenters. The van der Waals surface area contributed by atoms with Crippen LogP contribution in [0.15, 0.2) is 0 Å². The van der Waals surface area contributed by atoms with Gasteiger partial charge in [0, 0.05) is 26.3 Å². The molecule has 2 fully saturated rings. The van der Waals surface area contributed by atoms with Crippen LogP contribution in [0.25, 0.3) is 0 Å². The summed E-state index contributed by atoms with van der Waals surface area (Å²) in [5.74, 6) is 0. The molecule has 0 spiro atoms. The standard InChI is InChI=1S/C6H14N2.C4H8O/c7-3-6-8-4-1-2-5-8;1-2-4-5-3-1/h1-7H2;1-4H2. The normalized spacial score (nSPS) is 22.8. The minimum absolute atomic E-state index is 0.819. The summed E-state index contributed by atoms with van der Waals surface area (Å²) in [7, 11) is 0. The van der Waals surface area contributed by atoms with E-state index in [1.165, 1.54) is 38.8 Å². The Hall–Kier alpha value is -0.120. The molecule has 2 N–H and O–H groups in total. The first-order valence-corrected chi connectivity index (χ1v) is 5.43. The third-order valence-corrected chi connectivity index (χ3v) is 2.47. The predicted molar refractivity (Wildman–Crippen MR) is 54.8 cm³/mol. The maximum atomic E-state index is 5.37. The van der Waals surface area contributed by atoms with Gasteiger partial charge in [-0.1, -0.05) is 0 Å². The topological polar surface area (TPSA) is 38.5 Å². The Balaban J connectivity index is 0.000000145. The number of nitrogens with two attached hydrogens (primary N) is 1. The molecular weight excluding hydrogens is 164 g/mol. The molecule has 3 heteroatoms. The van der Waals surface area contributed by atoms with Gasteiger partial charge in [-0.25, -0.2) is 0 Å². The van der Waals surface area contributed by atoms with E-state index >= 15 is 0 Å². The fourth-order valence-corrected chi connectivity index (χ4v) is 1.70. The van der Waals surface area contributed by atoms with Crippen molar-refractivity contribution in [1.82, 2.24) is 4.90 Å². The highest BCUT2D eigenvalue weighted by Crippen LogP contribution is 2.04. The van der Waals surface area contributed by atoms with Gasteiger partial charge in [0.2, 0.25) is 0 Å². The van der Waals surface area contributed by atoms with Crippen molar-refractivity contribution in [2.75, 3.05) is 39.4 Å². The minimum atomic E-state index is 0.819. The number of likely N-dealkylation sites (tertiary alicyclic amines) is 1. The van der Waals surface area contributed by atoms with Gasteiger partial charge in [-0.15, -0.1) is 0 Å². The summed E-state index contributed by atoms with van der Waals surface area (Å²) in [6.45, 7) is 6.47. The first-order chi connectivity index (χ1) is 6.43. The lowest BCUT2D eigenvalue weighted by molar-refractivity contribution is 0.198. The van der Waals surface area contributed by atoms with Crippen LogP contribution in [0.5, 0.6) is 0 Å². The van der Waals surface area contributed by atoms with Crippen LogP contribution in [0.1, 0.15) is 25.7 Å². The largest absolute Gasteiger partial charge is 0.381 e. The molecule has 2 saturated heterocycles. The molecule has 0 aromatic carbocycles. The van der Waals surface area contributed by atoms with Crippen LogP contribution < -0.4 is 5.73 Å². The molecule has 0 aromatic rings. The fraction of sp³-hybridized carbons (Fsp3) is 1.00. The summed E-state index contributed by atoms with van der Waals surface area (Å²) in [4.78, 5) is 2.42. The average Bonchev–Trinajstić information content (AvgIpc) is 2.79. The Morgan fingerprint density at radius 2 is 1.62 bits per heavy atom. The van der Waals surface area contributed by atoms with E-state index in [1.807, 2.05) is 0 Å². The van der Waals surface area contributed by atoms with E-state index < -0.39 is 0 Å². The Labute approximate surface area is 81.2 Å². The zero-order valence-electron chi connectivity index (χ0n) is 8.50. The van der Waals surface area contributed by atoms with Crippen molar-refractivity contribution in [3.8, 4) is 0 Å². The number of rotatable bonds is 2. The van der Waals surface area contributed by atoms with Crippen LogP contribution in [0.4, 0.5) is 0 Å². The van der Waals surface area contributed by atoms with Gasteiger partial charge in [-0.3, -0.25) is 0 Å². The van der Waals surface area contributed by atoms with Crippen molar-refractivity contribution < 1.29 is 4.74 Å². The maximum Gasteiger partial charge on any atom is 0.0466 e. The SMILES string of the molecule is C1CCOC1.NCCN1CCCC1. The van der Waals surface area contributed by atoms with E-state index in [9.17, 15) is 0 Å². The molecular formula is C10H22N2O. The number of hydrogen-bond acceptors (Lipinski definition) is 3. The smallest absolute Gasteiger partial charge is 0.0466 e. The lowest BCUT2D eigenvalue weighted by Gasteiger charge is -2.11. The summed E-state index contributed by atoms with van der Waals surface area (Å²) < 4.78 is 4.94. The molecule has 2 heterocycles. The van der Waals surface area contributed by atoms with Gasteiger partial charge in [0.05, 0.1) is 0 Å². The minimum Gasteiger partial charge on any atom is -0.381 e. The van der Waals surface area contributed by atoms with Gasteiger partial charge >= 0.3 is 0 Å². The van der Waals surface area contributed by atoms with E-state index in [2.05, 4.69) is 4.90 Å². The lowest BCUT2D eigenvalue weighted by atomic mass is 10.4. The highest BCUT2D eigenvalue weighted by Gasteiger charge is 2.08. The summed E-state index contributed by atoms with van der Waals surface area (Å²) in [6, 6.07) is 0. The number of ether oxygens (including phenoxy) is 1. The Morgan fingerprint density at radius 3 is 2.00 bits per heavy atom. The van der Waals surface area contributed by atoms with Gasteiger partial charge in [-0.05, 0) is 38.8 Å². The monoisotopic (exact) mass is 186 g/mol. The fourth-order valence-electron chi connectivity index (χ4n) is 1.70. The second kappa shape index (κ2) is 7.30. The predicted octanol–water partition coefficient (Wildman–Crippen LogP) is 0.838. The Morgan fingerprint density at radius 1 is 1.00 bits per heavy atom. The van der Waals surface area contributed by atoms with Crippen LogP contribution in [0, 0.1) is 0 Å². The molecule has 2 rings (SSSR count). The van der Waals surface area contributed by atoms with Gasteiger partial charge < -0.3 is 15.4 Å². The molecule has 0 bridgehead atoms. The van der Waals surface area contributed by atoms with Gasteiger partial charge in [0.1, 0.15) is 0 Å². The lowest BCUT2D eigenvalue weighted by Crippen LogP contribution is -2.26. The highest BCUT2D eigenvalue weighted by atomic mass is 16.5. The number of hydrogen-bond donors (Lipinski definition) is 1. The number of nitrogens with zero attached hydrogens (tertiary/aromatic N) is 1. The van der Waals surface area contributed by atoms with Crippen LogP contribution in [0.3, 0.4) is 0 Å². The van der Waals surface area contributed by atoms with Crippen molar-refractivity contribution in [2.24, 2.45) is 5.73 Å². The molecule has 13 heavy (non-hydrogen) atoms. The van der Waals surface area contributed by atoms with Crippen molar-refractivity contribution in [1.29, 1.82) is 0 Å². The summed E-state index contributed by atoms with van der Waals surface area (Å²) in [6.07, 6.45) is 5.31. The molecule has 78 valence electrons. The van der Waals surface area contributed by atoms with E-state index in [-0.39, 0.29) is 0 Å². The van der Waals surface area contributed by atoms with Crippen LogP contribution in [0.2, 0.25) is 0 Å². The van der Waals surface area contributed by atoms with Crippen molar-refractivity contribution in [2.45, 2.75) is 25.7 Å². The van der Waals surface area contributed by atoms with Gasteiger partial charge in [0.25, 0.3) is 0 Å². The van der Waals surface area contributed by atoms with E-state index in [1.54, 1.807) is 0 Å². The van der Waals surface area contributed by atoms with E-state index in [0.29, 0.717) is 0 Å². The second-order valence-electron chi connectivity index (χ2n) is 3.66. The summed E-state index contributed by atoms with van der Waals surface area (Å²) >= 11 is 0. The molecule has 0 aliphatic carbocycles. The highest BCUT2D eigenvalue weighted by molar-refractivity contribution is 4.65. The molecule has 0 amide bonds. The molecule has 3 nitrogen and oxygen atoms in total. The van der Waals surface area contributed by atoms with Crippen LogP contribution >= 0.6 is 0 Å². The quantitative estimate of drug-likeness (QED) is 0.694. The molecule has 2 aliphatic heterocycles. The average molecular weight is 186 g/mol.